The van der Waals surface area contributed by atoms with E-state index < -0.39 is 0 Å². The molecule has 0 N–H and O–H groups in total. The zero-order chi connectivity index (χ0) is 9.10. The standard InChI is InChI=1S/C9H6ClN3/c10-9-5-8(6-12-13-9)7-1-3-11-4-2-7/h1-6H. The summed E-state index contributed by atoms with van der Waals surface area (Å²) >= 11 is 5.71. The molecule has 0 saturated heterocycles. The summed E-state index contributed by atoms with van der Waals surface area (Å²) in [6.07, 6.45) is 5.12. The third-order valence-corrected chi connectivity index (χ3v) is 1.82. The first-order chi connectivity index (χ1) is 6.36. The molecule has 0 radical (unpaired) electrons. The normalized spacial score (nSPS) is 9.92. The van der Waals surface area contributed by atoms with Gasteiger partial charge in [0.2, 0.25) is 0 Å². The SMILES string of the molecule is Clc1cc(-c2ccncc2)cnn1. The van der Waals surface area contributed by atoms with Gasteiger partial charge < -0.3 is 0 Å². The van der Waals surface area contributed by atoms with Gasteiger partial charge in [-0.25, -0.2) is 0 Å². The van der Waals surface area contributed by atoms with Gasteiger partial charge in [-0.15, -0.1) is 5.10 Å². The summed E-state index contributed by atoms with van der Waals surface area (Å²) in [4.78, 5) is 3.92. The van der Waals surface area contributed by atoms with Crippen molar-refractivity contribution in [1.29, 1.82) is 0 Å². The Balaban J connectivity index is 2.48. The minimum atomic E-state index is 0.398. The largest absolute Gasteiger partial charge is 0.265 e. The van der Waals surface area contributed by atoms with Crippen LogP contribution in [-0.4, -0.2) is 15.2 Å². The maximum Gasteiger partial charge on any atom is 0.152 e. The summed E-state index contributed by atoms with van der Waals surface area (Å²) in [6.45, 7) is 0. The first-order valence-corrected chi connectivity index (χ1v) is 4.13. The van der Waals surface area contributed by atoms with Crippen LogP contribution in [0.5, 0.6) is 0 Å². The van der Waals surface area contributed by atoms with Crippen LogP contribution in [-0.2, 0) is 0 Å². The fourth-order valence-corrected chi connectivity index (χ4v) is 1.20. The Hall–Kier alpha value is -1.48. The van der Waals surface area contributed by atoms with Gasteiger partial charge in [0, 0.05) is 18.0 Å². The molecular weight excluding hydrogens is 186 g/mol. The Bertz CT molecular complexity index is 403. The fourth-order valence-electron chi connectivity index (χ4n) is 1.04. The monoisotopic (exact) mass is 191 g/mol. The average Bonchev–Trinajstić information content (AvgIpc) is 2.19. The van der Waals surface area contributed by atoms with Gasteiger partial charge in [-0.3, -0.25) is 4.98 Å². The van der Waals surface area contributed by atoms with Crippen LogP contribution in [0, 0.1) is 0 Å². The second-order valence-electron chi connectivity index (χ2n) is 2.50. The van der Waals surface area contributed by atoms with Gasteiger partial charge in [0.05, 0.1) is 6.20 Å². The van der Waals surface area contributed by atoms with E-state index >= 15 is 0 Å². The molecule has 0 atom stereocenters. The zero-order valence-electron chi connectivity index (χ0n) is 6.68. The van der Waals surface area contributed by atoms with E-state index in [9.17, 15) is 0 Å². The van der Waals surface area contributed by atoms with E-state index in [2.05, 4.69) is 15.2 Å². The smallest absolute Gasteiger partial charge is 0.152 e. The quantitative estimate of drug-likeness (QED) is 0.694. The number of hydrogen-bond donors (Lipinski definition) is 0. The lowest BCUT2D eigenvalue weighted by atomic mass is 10.1. The number of nitrogens with zero attached hydrogens (tertiary/aromatic N) is 3. The third-order valence-electron chi connectivity index (χ3n) is 1.64. The van der Waals surface area contributed by atoms with Crippen molar-refractivity contribution in [3.63, 3.8) is 0 Å². The van der Waals surface area contributed by atoms with E-state index in [-0.39, 0.29) is 0 Å². The molecule has 2 heterocycles. The van der Waals surface area contributed by atoms with Crippen LogP contribution >= 0.6 is 11.6 Å². The summed E-state index contributed by atoms with van der Waals surface area (Å²) in [7, 11) is 0. The highest BCUT2D eigenvalue weighted by Crippen LogP contribution is 2.18. The van der Waals surface area contributed by atoms with Crippen LogP contribution < -0.4 is 0 Å². The Morgan fingerprint density at radius 2 is 1.85 bits per heavy atom. The van der Waals surface area contributed by atoms with E-state index in [1.807, 2.05) is 12.1 Å². The van der Waals surface area contributed by atoms with Crippen LogP contribution in [0.2, 0.25) is 5.15 Å². The van der Waals surface area contributed by atoms with E-state index in [1.165, 1.54) is 0 Å². The van der Waals surface area contributed by atoms with Crippen molar-refractivity contribution in [2.45, 2.75) is 0 Å². The van der Waals surface area contributed by atoms with Crippen LogP contribution in [0.25, 0.3) is 11.1 Å². The molecule has 2 rings (SSSR count). The van der Waals surface area contributed by atoms with Gasteiger partial charge in [0.15, 0.2) is 5.15 Å². The Morgan fingerprint density at radius 3 is 2.54 bits per heavy atom. The molecule has 0 spiro atoms. The molecule has 0 bridgehead atoms. The van der Waals surface area contributed by atoms with Crippen molar-refractivity contribution >= 4 is 11.6 Å². The minimum Gasteiger partial charge on any atom is -0.265 e. The van der Waals surface area contributed by atoms with E-state index in [0.29, 0.717) is 5.15 Å². The number of hydrogen-bond acceptors (Lipinski definition) is 3. The lowest BCUT2D eigenvalue weighted by Crippen LogP contribution is -1.84. The predicted octanol–water partition coefficient (Wildman–Crippen LogP) is 2.19. The van der Waals surface area contributed by atoms with E-state index in [1.54, 1.807) is 24.7 Å². The molecule has 4 heteroatoms. The molecule has 2 aromatic rings. The number of rotatable bonds is 1. The highest BCUT2D eigenvalue weighted by Gasteiger charge is 1.98. The predicted molar refractivity (Wildman–Crippen MR) is 50.3 cm³/mol. The highest BCUT2D eigenvalue weighted by atomic mass is 35.5. The average molecular weight is 192 g/mol. The molecule has 0 unspecified atom stereocenters. The van der Waals surface area contributed by atoms with Gasteiger partial charge in [-0.05, 0) is 23.8 Å². The second kappa shape index (κ2) is 3.49. The van der Waals surface area contributed by atoms with Gasteiger partial charge in [-0.1, -0.05) is 11.6 Å². The lowest BCUT2D eigenvalue weighted by Gasteiger charge is -1.98. The number of halogens is 1. The minimum absolute atomic E-state index is 0.398. The summed E-state index contributed by atoms with van der Waals surface area (Å²) in [5, 5.41) is 7.82. The summed E-state index contributed by atoms with van der Waals surface area (Å²) in [6, 6.07) is 5.56. The molecule has 0 aliphatic rings. The topological polar surface area (TPSA) is 38.7 Å². The summed E-state index contributed by atoms with van der Waals surface area (Å²) in [5.41, 5.74) is 1.98. The molecule has 3 nitrogen and oxygen atoms in total. The zero-order valence-corrected chi connectivity index (χ0v) is 7.44. The molecule has 2 aromatic heterocycles. The molecule has 13 heavy (non-hydrogen) atoms. The van der Waals surface area contributed by atoms with Gasteiger partial charge in [-0.2, -0.15) is 5.10 Å². The number of pyridine rings is 1. The lowest BCUT2D eigenvalue weighted by molar-refractivity contribution is 1.03. The van der Waals surface area contributed by atoms with Gasteiger partial charge in [0.25, 0.3) is 0 Å². The molecule has 0 amide bonds. The molecule has 64 valence electrons. The Kier molecular flexibility index (Phi) is 2.19. The summed E-state index contributed by atoms with van der Waals surface area (Å²) < 4.78 is 0. The maximum atomic E-state index is 5.71. The maximum absolute atomic E-state index is 5.71. The van der Waals surface area contributed by atoms with Crippen molar-refractivity contribution in [2.75, 3.05) is 0 Å². The summed E-state index contributed by atoms with van der Waals surface area (Å²) in [5.74, 6) is 0. The first-order valence-electron chi connectivity index (χ1n) is 3.75. The molecule has 0 aromatic carbocycles. The molecule has 0 aliphatic heterocycles. The molecule has 0 saturated carbocycles. The van der Waals surface area contributed by atoms with Crippen LogP contribution in [0.4, 0.5) is 0 Å². The third kappa shape index (κ3) is 1.81. The Morgan fingerprint density at radius 1 is 1.08 bits per heavy atom. The van der Waals surface area contributed by atoms with E-state index in [0.717, 1.165) is 11.1 Å². The van der Waals surface area contributed by atoms with Crippen LogP contribution in [0.15, 0.2) is 36.8 Å². The van der Waals surface area contributed by atoms with Gasteiger partial charge in [0.1, 0.15) is 0 Å². The van der Waals surface area contributed by atoms with Crippen molar-refractivity contribution in [3.05, 3.63) is 41.9 Å². The molecule has 0 aliphatic carbocycles. The molecule has 0 fully saturated rings. The Labute approximate surface area is 80.4 Å². The highest BCUT2D eigenvalue weighted by molar-refractivity contribution is 6.29. The van der Waals surface area contributed by atoms with Crippen molar-refractivity contribution in [3.8, 4) is 11.1 Å². The van der Waals surface area contributed by atoms with Crippen LogP contribution in [0.1, 0.15) is 0 Å². The van der Waals surface area contributed by atoms with E-state index in [4.69, 9.17) is 11.6 Å². The van der Waals surface area contributed by atoms with Crippen LogP contribution in [0.3, 0.4) is 0 Å². The first kappa shape index (κ1) is 8.13. The fraction of sp³-hybridized carbons (Fsp3) is 0. The molecular formula is C9H6ClN3. The van der Waals surface area contributed by atoms with Gasteiger partial charge >= 0.3 is 0 Å². The number of aromatic nitrogens is 3. The van der Waals surface area contributed by atoms with Crippen molar-refractivity contribution in [2.24, 2.45) is 0 Å². The van der Waals surface area contributed by atoms with Crippen molar-refractivity contribution in [1.82, 2.24) is 15.2 Å². The van der Waals surface area contributed by atoms with Crippen molar-refractivity contribution < 1.29 is 0 Å². The second-order valence-corrected chi connectivity index (χ2v) is 2.89.